The van der Waals surface area contributed by atoms with Crippen LogP contribution in [0.5, 0.6) is 0 Å². The SMILES string of the molecule is Cc1ccnc(CC(=O)NN)c1. The Morgan fingerprint density at radius 3 is 3.08 bits per heavy atom. The molecule has 0 atom stereocenters. The second-order valence-corrected chi connectivity index (χ2v) is 2.57. The number of nitrogens with one attached hydrogen (secondary N) is 1. The van der Waals surface area contributed by atoms with Crippen molar-refractivity contribution >= 4 is 5.91 Å². The molecule has 1 aromatic heterocycles. The van der Waals surface area contributed by atoms with Crippen LogP contribution in [0, 0.1) is 6.92 Å². The number of aryl methyl sites for hydroxylation is 1. The van der Waals surface area contributed by atoms with Gasteiger partial charge in [0, 0.05) is 11.9 Å². The van der Waals surface area contributed by atoms with Crippen LogP contribution in [0.3, 0.4) is 0 Å². The Balaban J connectivity index is 2.69. The van der Waals surface area contributed by atoms with Crippen LogP contribution >= 0.6 is 0 Å². The molecule has 0 fully saturated rings. The number of rotatable bonds is 2. The van der Waals surface area contributed by atoms with Crippen LogP contribution in [0.4, 0.5) is 0 Å². The molecule has 0 saturated heterocycles. The lowest BCUT2D eigenvalue weighted by Gasteiger charge is -1.99. The number of hydrazine groups is 1. The van der Waals surface area contributed by atoms with Crippen LogP contribution < -0.4 is 11.3 Å². The number of pyridine rings is 1. The lowest BCUT2D eigenvalue weighted by molar-refractivity contribution is -0.120. The van der Waals surface area contributed by atoms with Crippen molar-refractivity contribution in [3.63, 3.8) is 0 Å². The van der Waals surface area contributed by atoms with Crippen LogP contribution in [0.25, 0.3) is 0 Å². The highest BCUT2D eigenvalue weighted by atomic mass is 16.2. The van der Waals surface area contributed by atoms with E-state index in [0.29, 0.717) is 0 Å². The van der Waals surface area contributed by atoms with E-state index in [0.717, 1.165) is 11.3 Å². The minimum Gasteiger partial charge on any atom is -0.294 e. The van der Waals surface area contributed by atoms with Crippen molar-refractivity contribution in [3.8, 4) is 0 Å². The van der Waals surface area contributed by atoms with Crippen LogP contribution in [0.1, 0.15) is 11.3 Å². The van der Waals surface area contributed by atoms with E-state index in [1.807, 2.05) is 19.1 Å². The minimum atomic E-state index is -0.229. The van der Waals surface area contributed by atoms with Gasteiger partial charge in [-0.15, -0.1) is 0 Å². The van der Waals surface area contributed by atoms with Crippen molar-refractivity contribution in [3.05, 3.63) is 29.6 Å². The number of aromatic nitrogens is 1. The third-order valence-electron chi connectivity index (χ3n) is 1.47. The molecule has 4 heteroatoms. The number of hydrogen-bond acceptors (Lipinski definition) is 3. The predicted octanol–water partition coefficient (Wildman–Crippen LogP) is -0.0776. The highest BCUT2D eigenvalue weighted by molar-refractivity contribution is 5.77. The first-order chi connectivity index (χ1) is 5.72. The zero-order chi connectivity index (χ0) is 8.97. The monoisotopic (exact) mass is 165 g/mol. The van der Waals surface area contributed by atoms with Gasteiger partial charge in [-0.05, 0) is 24.6 Å². The van der Waals surface area contributed by atoms with Gasteiger partial charge in [-0.25, -0.2) is 5.84 Å². The number of hydrogen-bond donors (Lipinski definition) is 2. The minimum absolute atomic E-state index is 0.229. The third kappa shape index (κ3) is 2.32. The fraction of sp³-hybridized carbons (Fsp3) is 0.250. The summed E-state index contributed by atoms with van der Waals surface area (Å²) in [6.07, 6.45) is 1.91. The summed E-state index contributed by atoms with van der Waals surface area (Å²) in [7, 11) is 0. The Bertz CT molecular complexity index is 285. The van der Waals surface area contributed by atoms with Crippen molar-refractivity contribution in [1.82, 2.24) is 10.4 Å². The summed E-state index contributed by atoms with van der Waals surface area (Å²) in [6, 6.07) is 3.74. The molecule has 0 aromatic carbocycles. The van der Waals surface area contributed by atoms with E-state index in [-0.39, 0.29) is 12.3 Å². The van der Waals surface area contributed by atoms with Gasteiger partial charge in [0.25, 0.3) is 0 Å². The van der Waals surface area contributed by atoms with Gasteiger partial charge in [-0.2, -0.15) is 0 Å². The molecule has 0 radical (unpaired) electrons. The van der Waals surface area contributed by atoms with Gasteiger partial charge in [-0.1, -0.05) is 0 Å². The van der Waals surface area contributed by atoms with E-state index in [9.17, 15) is 4.79 Å². The van der Waals surface area contributed by atoms with Crippen LogP contribution in [0.2, 0.25) is 0 Å². The number of amides is 1. The molecule has 0 aliphatic carbocycles. The zero-order valence-corrected chi connectivity index (χ0v) is 6.87. The van der Waals surface area contributed by atoms with Gasteiger partial charge in [0.2, 0.25) is 5.91 Å². The standard InChI is InChI=1S/C8H11N3O/c1-6-2-3-10-7(4-6)5-8(12)11-9/h2-4H,5,9H2,1H3,(H,11,12). The molecule has 64 valence electrons. The molecule has 12 heavy (non-hydrogen) atoms. The van der Waals surface area contributed by atoms with E-state index >= 15 is 0 Å². The first-order valence-corrected chi connectivity index (χ1v) is 3.63. The van der Waals surface area contributed by atoms with E-state index in [1.54, 1.807) is 6.20 Å². The van der Waals surface area contributed by atoms with E-state index in [1.165, 1.54) is 0 Å². The molecule has 0 unspecified atom stereocenters. The molecule has 0 aliphatic heterocycles. The van der Waals surface area contributed by atoms with Crippen LogP contribution in [-0.4, -0.2) is 10.9 Å². The average Bonchev–Trinajstić information content (AvgIpc) is 2.04. The maximum Gasteiger partial charge on any atom is 0.239 e. The second-order valence-electron chi connectivity index (χ2n) is 2.57. The first kappa shape index (κ1) is 8.67. The Hall–Kier alpha value is -1.42. The number of carbonyl (C=O) groups excluding carboxylic acids is 1. The Morgan fingerprint density at radius 2 is 2.50 bits per heavy atom. The molecular weight excluding hydrogens is 154 g/mol. The van der Waals surface area contributed by atoms with Crippen molar-refractivity contribution in [2.45, 2.75) is 13.3 Å². The van der Waals surface area contributed by atoms with Crippen LogP contribution in [-0.2, 0) is 11.2 Å². The number of nitrogens with zero attached hydrogens (tertiary/aromatic N) is 1. The molecule has 1 heterocycles. The molecule has 0 aliphatic rings. The summed E-state index contributed by atoms with van der Waals surface area (Å²) in [5.74, 6) is 4.70. The molecule has 1 rings (SSSR count). The fourth-order valence-corrected chi connectivity index (χ4v) is 0.911. The largest absolute Gasteiger partial charge is 0.294 e. The van der Waals surface area contributed by atoms with E-state index in [2.05, 4.69) is 10.4 Å². The molecule has 0 spiro atoms. The Kier molecular flexibility index (Phi) is 2.76. The third-order valence-corrected chi connectivity index (χ3v) is 1.47. The lowest BCUT2D eigenvalue weighted by Crippen LogP contribution is -2.31. The molecular formula is C8H11N3O. The summed E-state index contributed by atoms with van der Waals surface area (Å²) in [5.41, 5.74) is 3.88. The summed E-state index contributed by atoms with van der Waals surface area (Å²) < 4.78 is 0. The normalized spacial score (nSPS) is 9.50. The zero-order valence-electron chi connectivity index (χ0n) is 6.87. The summed E-state index contributed by atoms with van der Waals surface area (Å²) >= 11 is 0. The number of carbonyl (C=O) groups is 1. The Morgan fingerprint density at radius 1 is 1.75 bits per heavy atom. The maximum absolute atomic E-state index is 10.8. The molecule has 0 saturated carbocycles. The fourth-order valence-electron chi connectivity index (χ4n) is 0.911. The molecule has 1 aromatic rings. The van der Waals surface area contributed by atoms with Gasteiger partial charge in [0.05, 0.1) is 6.42 Å². The van der Waals surface area contributed by atoms with Crippen molar-refractivity contribution in [1.29, 1.82) is 0 Å². The van der Waals surface area contributed by atoms with Crippen molar-refractivity contribution in [2.24, 2.45) is 5.84 Å². The highest BCUT2D eigenvalue weighted by Crippen LogP contribution is 1.99. The van der Waals surface area contributed by atoms with Crippen molar-refractivity contribution in [2.75, 3.05) is 0 Å². The summed E-state index contributed by atoms with van der Waals surface area (Å²) in [5, 5.41) is 0. The second kappa shape index (κ2) is 3.82. The first-order valence-electron chi connectivity index (χ1n) is 3.63. The lowest BCUT2D eigenvalue weighted by atomic mass is 10.2. The smallest absolute Gasteiger partial charge is 0.239 e. The van der Waals surface area contributed by atoms with Gasteiger partial charge >= 0.3 is 0 Å². The van der Waals surface area contributed by atoms with E-state index in [4.69, 9.17) is 5.84 Å². The number of nitrogens with two attached hydrogens (primary N) is 1. The maximum atomic E-state index is 10.8. The highest BCUT2D eigenvalue weighted by Gasteiger charge is 2.01. The summed E-state index contributed by atoms with van der Waals surface area (Å²) in [4.78, 5) is 14.8. The molecule has 0 bridgehead atoms. The van der Waals surface area contributed by atoms with Gasteiger partial charge in [-0.3, -0.25) is 15.2 Å². The van der Waals surface area contributed by atoms with Gasteiger partial charge < -0.3 is 0 Å². The van der Waals surface area contributed by atoms with Gasteiger partial charge in [0.1, 0.15) is 0 Å². The topological polar surface area (TPSA) is 68.0 Å². The molecule has 4 nitrogen and oxygen atoms in total. The van der Waals surface area contributed by atoms with Crippen LogP contribution in [0.15, 0.2) is 18.3 Å². The van der Waals surface area contributed by atoms with E-state index < -0.39 is 0 Å². The molecule has 1 amide bonds. The quantitative estimate of drug-likeness (QED) is 0.366. The predicted molar refractivity (Wildman–Crippen MR) is 45.0 cm³/mol. The average molecular weight is 165 g/mol. The molecule has 3 N–H and O–H groups in total. The van der Waals surface area contributed by atoms with Crippen molar-refractivity contribution < 1.29 is 4.79 Å². The Labute approximate surface area is 70.8 Å². The summed E-state index contributed by atoms with van der Waals surface area (Å²) in [6.45, 7) is 1.95. The van der Waals surface area contributed by atoms with Gasteiger partial charge in [0.15, 0.2) is 0 Å².